The molecule has 0 saturated carbocycles. The Kier molecular flexibility index (Phi) is 5.39. The third kappa shape index (κ3) is 3.09. The van der Waals surface area contributed by atoms with E-state index in [1.165, 1.54) is 0 Å². The van der Waals surface area contributed by atoms with Gasteiger partial charge in [-0.2, -0.15) is 11.8 Å². The van der Waals surface area contributed by atoms with E-state index in [0.717, 1.165) is 5.75 Å². The summed E-state index contributed by atoms with van der Waals surface area (Å²) in [5.41, 5.74) is 0.611. The zero-order valence-corrected chi connectivity index (χ0v) is 11.6. The Bertz CT molecular complexity index is 348. The summed E-state index contributed by atoms with van der Waals surface area (Å²) in [5.74, 6) is 0.463. The minimum Gasteiger partial charge on any atom is -0.312 e. The number of hydrogen-bond donors (Lipinski definition) is 1. The third-order valence-electron chi connectivity index (χ3n) is 2.12. The summed E-state index contributed by atoms with van der Waals surface area (Å²) >= 11 is 10.7. The Hall–Kier alpha value is 0.230. The van der Waals surface area contributed by atoms with Crippen LogP contribution in [0.3, 0.4) is 0 Å². The van der Waals surface area contributed by atoms with Gasteiger partial charge in [0.15, 0.2) is 0 Å². The molecule has 0 bridgehead atoms. The maximum absolute atomic E-state index is 13.8. The smallest absolute Gasteiger partial charge is 0.147 e. The first-order chi connectivity index (χ1) is 7.11. The molecule has 1 N–H and O–H groups in total. The van der Waals surface area contributed by atoms with E-state index in [4.69, 9.17) is 11.6 Å². The van der Waals surface area contributed by atoms with Crippen molar-refractivity contribution >= 4 is 39.3 Å². The van der Waals surface area contributed by atoms with Crippen LogP contribution in [0.5, 0.6) is 0 Å². The highest BCUT2D eigenvalue weighted by atomic mass is 79.9. The Morgan fingerprint density at radius 2 is 2.27 bits per heavy atom. The molecule has 0 saturated heterocycles. The van der Waals surface area contributed by atoms with Crippen molar-refractivity contribution in [1.29, 1.82) is 0 Å². The zero-order valence-electron chi connectivity index (χ0n) is 8.48. The van der Waals surface area contributed by atoms with Crippen LogP contribution >= 0.6 is 39.3 Å². The highest BCUT2D eigenvalue weighted by molar-refractivity contribution is 9.10. The second-order valence-electron chi connectivity index (χ2n) is 3.06. The average molecular weight is 313 g/mol. The van der Waals surface area contributed by atoms with Crippen molar-refractivity contribution in [3.05, 3.63) is 33.0 Å². The molecule has 0 fully saturated rings. The first kappa shape index (κ1) is 13.3. The van der Waals surface area contributed by atoms with Gasteiger partial charge < -0.3 is 5.32 Å². The summed E-state index contributed by atoms with van der Waals surface area (Å²) in [6.45, 7) is 0. The molecule has 0 radical (unpaired) electrons. The lowest BCUT2D eigenvalue weighted by molar-refractivity contribution is 0.565. The highest BCUT2D eigenvalue weighted by Crippen LogP contribution is 2.31. The van der Waals surface area contributed by atoms with Crippen LogP contribution < -0.4 is 5.32 Å². The van der Waals surface area contributed by atoms with Crippen molar-refractivity contribution in [1.82, 2.24) is 5.32 Å². The van der Waals surface area contributed by atoms with Gasteiger partial charge in [0.1, 0.15) is 5.82 Å². The van der Waals surface area contributed by atoms with Gasteiger partial charge in [0.05, 0.1) is 5.02 Å². The molecule has 1 nitrogen and oxygen atoms in total. The zero-order chi connectivity index (χ0) is 11.4. The summed E-state index contributed by atoms with van der Waals surface area (Å²) in [7, 11) is 1.82. The monoisotopic (exact) mass is 311 g/mol. The summed E-state index contributed by atoms with van der Waals surface area (Å²) in [6.07, 6.45) is 1.99. The van der Waals surface area contributed by atoms with Crippen LogP contribution in [0, 0.1) is 5.82 Å². The lowest BCUT2D eigenvalue weighted by atomic mass is 10.1. The molecule has 1 atom stereocenters. The Morgan fingerprint density at radius 3 is 2.80 bits per heavy atom. The molecule has 1 aromatic rings. The molecule has 1 rings (SSSR count). The van der Waals surface area contributed by atoms with Crippen LogP contribution in [-0.2, 0) is 0 Å². The molecule has 0 heterocycles. The van der Waals surface area contributed by atoms with Crippen molar-refractivity contribution in [3.63, 3.8) is 0 Å². The maximum atomic E-state index is 13.8. The summed E-state index contributed by atoms with van der Waals surface area (Å²) < 4.78 is 14.4. The second kappa shape index (κ2) is 6.09. The average Bonchev–Trinajstić information content (AvgIpc) is 2.24. The lowest BCUT2D eigenvalue weighted by Gasteiger charge is -2.17. The van der Waals surface area contributed by atoms with E-state index in [1.807, 2.05) is 13.3 Å². The van der Waals surface area contributed by atoms with Crippen molar-refractivity contribution in [2.45, 2.75) is 6.04 Å². The highest BCUT2D eigenvalue weighted by Gasteiger charge is 2.17. The number of halogens is 3. The molecule has 0 aliphatic heterocycles. The summed E-state index contributed by atoms with van der Waals surface area (Å²) in [4.78, 5) is 0. The number of rotatable bonds is 4. The molecule has 15 heavy (non-hydrogen) atoms. The van der Waals surface area contributed by atoms with E-state index in [0.29, 0.717) is 10.0 Å². The molecular formula is C10H12BrClFNS. The van der Waals surface area contributed by atoms with Gasteiger partial charge in [-0.15, -0.1) is 0 Å². The van der Waals surface area contributed by atoms with E-state index in [9.17, 15) is 4.39 Å². The molecule has 0 amide bonds. The minimum absolute atomic E-state index is 0.00870. The van der Waals surface area contributed by atoms with E-state index in [-0.39, 0.29) is 16.9 Å². The van der Waals surface area contributed by atoms with Gasteiger partial charge in [0.25, 0.3) is 0 Å². The van der Waals surface area contributed by atoms with Crippen LogP contribution in [0.15, 0.2) is 16.6 Å². The molecule has 1 unspecified atom stereocenters. The SMILES string of the molecule is CNC(CSC)c1ccc(Br)c(Cl)c1F. The van der Waals surface area contributed by atoms with Crippen LogP contribution in [0.25, 0.3) is 0 Å². The number of hydrogen-bond acceptors (Lipinski definition) is 2. The molecular weight excluding hydrogens is 301 g/mol. The van der Waals surface area contributed by atoms with Gasteiger partial charge in [0.2, 0.25) is 0 Å². The van der Waals surface area contributed by atoms with E-state index >= 15 is 0 Å². The standard InChI is InChI=1S/C10H12BrClFNS/c1-14-8(5-15-2)6-3-4-7(11)9(12)10(6)13/h3-4,8,14H,5H2,1-2H3. The first-order valence-corrected chi connectivity index (χ1v) is 6.97. The van der Waals surface area contributed by atoms with Gasteiger partial charge in [-0.05, 0) is 35.3 Å². The molecule has 84 valence electrons. The van der Waals surface area contributed by atoms with Crippen molar-refractivity contribution in [2.24, 2.45) is 0 Å². The van der Waals surface area contributed by atoms with E-state index in [1.54, 1.807) is 23.9 Å². The van der Waals surface area contributed by atoms with Crippen LogP contribution in [0.4, 0.5) is 4.39 Å². The topological polar surface area (TPSA) is 12.0 Å². The largest absolute Gasteiger partial charge is 0.312 e. The Morgan fingerprint density at radius 1 is 1.60 bits per heavy atom. The number of thioether (sulfide) groups is 1. The van der Waals surface area contributed by atoms with Crippen molar-refractivity contribution in [3.8, 4) is 0 Å². The Balaban J connectivity index is 3.07. The predicted octanol–water partition coefficient (Wildman–Crippen LogP) is 3.87. The van der Waals surface area contributed by atoms with Gasteiger partial charge >= 0.3 is 0 Å². The van der Waals surface area contributed by atoms with Gasteiger partial charge in [-0.1, -0.05) is 17.7 Å². The normalized spacial score (nSPS) is 12.9. The molecule has 0 aliphatic carbocycles. The fourth-order valence-corrected chi connectivity index (χ4v) is 2.46. The van der Waals surface area contributed by atoms with Crippen LogP contribution in [0.2, 0.25) is 5.02 Å². The van der Waals surface area contributed by atoms with Crippen LogP contribution in [-0.4, -0.2) is 19.1 Å². The van der Waals surface area contributed by atoms with Crippen molar-refractivity contribution in [2.75, 3.05) is 19.1 Å². The number of benzene rings is 1. The lowest BCUT2D eigenvalue weighted by Crippen LogP contribution is -2.20. The number of nitrogens with one attached hydrogen (secondary N) is 1. The van der Waals surface area contributed by atoms with E-state index < -0.39 is 0 Å². The summed E-state index contributed by atoms with van der Waals surface area (Å²) in [5, 5.41) is 3.22. The van der Waals surface area contributed by atoms with Gasteiger partial charge in [-0.3, -0.25) is 0 Å². The van der Waals surface area contributed by atoms with E-state index in [2.05, 4.69) is 21.2 Å². The summed E-state index contributed by atoms with van der Waals surface area (Å²) in [6, 6.07) is 3.51. The molecule has 1 aromatic carbocycles. The van der Waals surface area contributed by atoms with Crippen LogP contribution in [0.1, 0.15) is 11.6 Å². The molecule has 5 heteroatoms. The first-order valence-electron chi connectivity index (χ1n) is 4.41. The molecule has 0 aliphatic rings. The van der Waals surface area contributed by atoms with Crippen molar-refractivity contribution < 1.29 is 4.39 Å². The fraction of sp³-hybridized carbons (Fsp3) is 0.400. The molecule has 0 aromatic heterocycles. The second-order valence-corrected chi connectivity index (χ2v) is 5.20. The third-order valence-corrected chi connectivity index (χ3v) is 4.05. The predicted molar refractivity (Wildman–Crippen MR) is 69.3 cm³/mol. The Labute approximate surface area is 107 Å². The van der Waals surface area contributed by atoms with Gasteiger partial charge in [0, 0.05) is 21.8 Å². The minimum atomic E-state index is -0.348. The quantitative estimate of drug-likeness (QED) is 0.847. The van der Waals surface area contributed by atoms with Gasteiger partial charge in [-0.25, -0.2) is 4.39 Å². The molecule has 0 spiro atoms. The maximum Gasteiger partial charge on any atom is 0.147 e. The fourth-order valence-electron chi connectivity index (χ4n) is 1.31.